The highest BCUT2D eigenvalue weighted by Gasteiger charge is 2.31. The fraction of sp³-hybridized carbons (Fsp3) is 1.00. The summed E-state index contributed by atoms with van der Waals surface area (Å²) in [6.45, 7) is 3.04. The van der Waals surface area contributed by atoms with E-state index in [1.54, 1.807) is 11.4 Å². The van der Waals surface area contributed by atoms with E-state index in [1.165, 1.54) is 0 Å². The normalized spacial score (nSPS) is 31.4. The third-order valence-electron chi connectivity index (χ3n) is 3.91. The quantitative estimate of drug-likeness (QED) is 0.809. The van der Waals surface area contributed by atoms with Crippen LogP contribution in [0.15, 0.2) is 0 Å². The molecule has 2 rings (SSSR count). The van der Waals surface area contributed by atoms with Crippen LogP contribution in [0.4, 0.5) is 0 Å². The smallest absolute Gasteiger partial charge is 0.214 e. The van der Waals surface area contributed by atoms with Gasteiger partial charge in [0.1, 0.15) is 0 Å². The molecule has 5 nitrogen and oxygen atoms in total. The van der Waals surface area contributed by atoms with Crippen molar-refractivity contribution in [1.29, 1.82) is 0 Å². The van der Waals surface area contributed by atoms with Gasteiger partial charge in [-0.05, 0) is 44.7 Å². The minimum atomic E-state index is -3.11. The predicted octanol–water partition coefficient (Wildman–Crippen LogP) is 0.427. The lowest BCUT2D eigenvalue weighted by Crippen LogP contribution is -2.46. The van der Waals surface area contributed by atoms with Gasteiger partial charge < -0.3 is 10.1 Å². The van der Waals surface area contributed by atoms with Crippen LogP contribution in [0.3, 0.4) is 0 Å². The Labute approximate surface area is 110 Å². The lowest BCUT2D eigenvalue weighted by molar-refractivity contribution is 0.0570. The minimum absolute atomic E-state index is 0.0676. The maximum atomic E-state index is 12.4. The van der Waals surface area contributed by atoms with Crippen molar-refractivity contribution < 1.29 is 13.2 Å². The molecular formula is C12H24N2O3S. The topological polar surface area (TPSA) is 58.6 Å². The first-order chi connectivity index (χ1) is 8.62. The Balaban J connectivity index is 1.92. The molecule has 2 unspecified atom stereocenters. The van der Waals surface area contributed by atoms with E-state index >= 15 is 0 Å². The zero-order valence-electron chi connectivity index (χ0n) is 11.1. The van der Waals surface area contributed by atoms with Crippen molar-refractivity contribution in [3.05, 3.63) is 0 Å². The standard InChI is InChI=1S/C12H24N2O3S/c1-17-12-5-3-7-14(9-12)18(15,16)10-11-4-2-6-13-8-11/h11-13H,2-10H2,1H3. The molecule has 0 saturated carbocycles. The van der Waals surface area contributed by atoms with Crippen molar-refractivity contribution in [3.8, 4) is 0 Å². The zero-order valence-corrected chi connectivity index (χ0v) is 11.9. The number of piperidine rings is 2. The summed E-state index contributed by atoms with van der Waals surface area (Å²) in [5, 5.41) is 3.27. The Kier molecular flexibility index (Phi) is 5.00. The van der Waals surface area contributed by atoms with Gasteiger partial charge >= 0.3 is 0 Å². The van der Waals surface area contributed by atoms with Gasteiger partial charge in [-0.3, -0.25) is 0 Å². The SMILES string of the molecule is COC1CCCN(S(=O)(=O)CC2CCCNC2)C1. The van der Waals surface area contributed by atoms with Gasteiger partial charge in [0.2, 0.25) is 10.0 Å². The molecule has 2 heterocycles. The molecule has 2 aliphatic rings. The number of sulfonamides is 1. The highest BCUT2D eigenvalue weighted by atomic mass is 32.2. The average molecular weight is 276 g/mol. The molecule has 0 radical (unpaired) electrons. The highest BCUT2D eigenvalue weighted by molar-refractivity contribution is 7.89. The van der Waals surface area contributed by atoms with Crippen LogP contribution in [0.2, 0.25) is 0 Å². The van der Waals surface area contributed by atoms with E-state index in [2.05, 4.69) is 5.32 Å². The van der Waals surface area contributed by atoms with Gasteiger partial charge in [0.25, 0.3) is 0 Å². The summed E-state index contributed by atoms with van der Waals surface area (Å²) >= 11 is 0. The summed E-state index contributed by atoms with van der Waals surface area (Å²) in [4.78, 5) is 0. The summed E-state index contributed by atoms with van der Waals surface area (Å²) in [5.74, 6) is 0.558. The van der Waals surface area contributed by atoms with Crippen LogP contribution >= 0.6 is 0 Å². The van der Waals surface area contributed by atoms with Gasteiger partial charge in [0.05, 0.1) is 11.9 Å². The van der Waals surface area contributed by atoms with E-state index in [1.807, 2.05) is 0 Å². The molecule has 2 aliphatic heterocycles. The van der Waals surface area contributed by atoms with Crippen LogP contribution in [0.1, 0.15) is 25.7 Å². The van der Waals surface area contributed by atoms with Crippen molar-refractivity contribution in [1.82, 2.24) is 9.62 Å². The molecule has 1 N–H and O–H groups in total. The Hall–Kier alpha value is -0.170. The van der Waals surface area contributed by atoms with E-state index in [9.17, 15) is 8.42 Å². The number of methoxy groups -OCH3 is 1. The monoisotopic (exact) mass is 276 g/mol. The Morgan fingerprint density at radius 1 is 1.33 bits per heavy atom. The Bertz CT molecular complexity index is 352. The van der Waals surface area contributed by atoms with Gasteiger partial charge in [0.15, 0.2) is 0 Å². The lowest BCUT2D eigenvalue weighted by Gasteiger charge is -2.32. The van der Waals surface area contributed by atoms with Crippen molar-refractivity contribution in [2.75, 3.05) is 39.0 Å². The average Bonchev–Trinajstić information content (AvgIpc) is 2.39. The fourth-order valence-electron chi connectivity index (χ4n) is 2.82. The molecule has 0 aliphatic carbocycles. The van der Waals surface area contributed by atoms with Gasteiger partial charge in [-0.1, -0.05) is 0 Å². The van der Waals surface area contributed by atoms with E-state index < -0.39 is 10.0 Å². The summed E-state index contributed by atoms with van der Waals surface area (Å²) in [5.41, 5.74) is 0. The second kappa shape index (κ2) is 6.32. The third kappa shape index (κ3) is 3.66. The Morgan fingerprint density at radius 2 is 2.17 bits per heavy atom. The van der Waals surface area contributed by atoms with Crippen LogP contribution in [0, 0.1) is 5.92 Å². The molecule has 0 aromatic carbocycles. The molecule has 2 fully saturated rings. The molecule has 0 spiro atoms. The van der Waals surface area contributed by atoms with Crippen LogP contribution in [0.5, 0.6) is 0 Å². The first kappa shape index (κ1) is 14.2. The summed E-state index contributed by atoms with van der Waals surface area (Å²) in [7, 11) is -1.45. The van der Waals surface area contributed by atoms with Crippen molar-refractivity contribution in [3.63, 3.8) is 0 Å². The van der Waals surface area contributed by atoms with E-state index in [0.717, 1.165) is 38.8 Å². The summed E-state index contributed by atoms with van der Waals surface area (Å²) in [6.07, 6.45) is 4.04. The van der Waals surface area contributed by atoms with Gasteiger partial charge in [-0.25, -0.2) is 8.42 Å². The molecule has 6 heteroatoms. The molecule has 0 aromatic rings. The number of rotatable bonds is 4. The molecule has 0 amide bonds. The largest absolute Gasteiger partial charge is 0.380 e. The molecule has 106 valence electrons. The second-order valence-corrected chi connectivity index (χ2v) is 7.36. The van der Waals surface area contributed by atoms with E-state index in [0.29, 0.717) is 13.1 Å². The molecule has 2 saturated heterocycles. The Morgan fingerprint density at radius 3 is 2.83 bits per heavy atom. The van der Waals surface area contributed by atoms with Gasteiger partial charge in [-0.15, -0.1) is 0 Å². The molecule has 18 heavy (non-hydrogen) atoms. The number of hydrogen-bond donors (Lipinski definition) is 1. The third-order valence-corrected chi connectivity index (χ3v) is 5.92. The maximum Gasteiger partial charge on any atom is 0.214 e. The summed E-state index contributed by atoms with van der Waals surface area (Å²) in [6, 6.07) is 0. The first-order valence-corrected chi connectivity index (χ1v) is 8.44. The van der Waals surface area contributed by atoms with Crippen molar-refractivity contribution in [2.45, 2.75) is 31.8 Å². The molecule has 2 atom stereocenters. The molecule has 0 aromatic heterocycles. The van der Waals surface area contributed by atoms with E-state index in [4.69, 9.17) is 4.74 Å². The van der Waals surface area contributed by atoms with Crippen LogP contribution in [0.25, 0.3) is 0 Å². The lowest BCUT2D eigenvalue weighted by atomic mass is 10.0. The van der Waals surface area contributed by atoms with Crippen LogP contribution in [-0.4, -0.2) is 57.9 Å². The second-order valence-electron chi connectivity index (χ2n) is 5.35. The van der Waals surface area contributed by atoms with Gasteiger partial charge in [-0.2, -0.15) is 4.31 Å². The minimum Gasteiger partial charge on any atom is -0.380 e. The predicted molar refractivity (Wildman–Crippen MR) is 71.0 cm³/mol. The van der Waals surface area contributed by atoms with Crippen LogP contribution < -0.4 is 5.32 Å². The van der Waals surface area contributed by atoms with Gasteiger partial charge in [0, 0.05) is 20.2 Å². The number of ether oxygens (including phenoxy) is 1. The van der Waals surface area contributed by atoms with Crippen LogP contribution in [-0.2, 0) is 14.8 Å². The highest BCUT2D eigenvalue weighted by Crippen LogP contribution is 2.20. The maximum absolute atomic E-state index is 12.4. The fourth-order valence-corrected chi connectivity index (χ4v) is 4.71. The first-order valence-electron chi connectivity index (χ1n) is 6.83. The van der Waals surface area contributed by atoms with Crippen molar-refractivity contribution in [2.24, 2.45) is 5.92 Å². The zero-order chi connectivity index (χ0) is 13.0. The summed E-state index contributed by atoms with van der Waals surface area (Å²) < 4.78 is 31.6. The molecule has 0 bridgehead atoms. The number of hydrogen-bond acceptors (Lipinski definition) is 4. The molecular weight excluding hydrogens is 252 g/mol. The van der Waals surface area contributed by atoms with Crippen molar-refractivity contribution >= 4 is 10.0 Å². The number of nitrogens with zero attached hydrogens (tertiary/aromatic N) is 1. The van der Waals surface area contributed by atoms with E-state index in [-0.39, 0.29) is 17.8 Å². The number of nitrogens with one attached hydrogen (secondary N) is 1.